The van der Waals surface area contributed by atoms with Gasteiger partial charge in [0.05, 0.1) is 29.7 Å². The number of nitrogens with zero attached hydrogens (tertiary/aromatic N) is 3. The van der Waals surface area contributed by atoms with Gasteiger partial charge in [-0.2, -0.15) is 8.61 Å². The molecule has 0 aromatic heterocycles. The van der Waals surface area contributed by atoms with Crippen LogP contribution in [0.3, 0.4) is 0 Å². The predicted octanol–water partition coefficient (Wildman–Crippen LogP) is 2.54. The molecule has 0 unspecified atom stereocenters. The third-order valence-electron chi connectivity index (χ3n) is 7.40. The molecule has 2 saturated heterocycles. The normalized spacial score (nSPS) is 18.3. The number of amides is 1. The molecular weight excluding hydrogens is 564 g/mol. The van der Waals surface area contributed by atoms with E-state index in [0.717, 1.165) is 22.3 Å². The number of piperazine rings is 1. The second-order valence-electron chi connectivity index (χ2n) is 9.98. The highest BCUT2D eigenvalue weighted by Gasteiger charge is 2.32. The summed E-state index contributed by atoms with van der Waals surface area (Å²) in [5.41, 5.74) is 3.72. The summed E-state index contributed by atoms with van der Waals surface area (Å²) in [7, 11) is -7.51. The smallest absolute Gasteiger partial charge is 0.244 e. The lowest BCUT2D eigenvalue weighted by molar-refractivity contribution is -0.117. The third-order valence-corrected chi connectivity index (χ3v) is 11.9. The number of ether oxygens (including phenoxy) is 1. The summed E-state index contributed by atoms with van der Waals surface area (Å²) in [5, 5.41) is 2.82. The van der Waals surface area contributed by atoms with Crippen molar-refractivity contribution in [3.8, 4) is 0 Å². The molecule has 0 radical (unpaired) electrons. The van der Waals surface area contributed by atoms with Crippen molar-refractivity contribution >= 4 is 43.2 Å². The van der Waals surface area contributed by atoms with E-state index in [0.29, 0.717) is 36.9 Å². The van der Waals surface area contributed by atoms with Gasteiger partial charge in [0.1, 0.15) is 4.90 Å². The average molecular weight is 599 g/mol. The zero-order valence-corrected chi connectivity index (χ0v) is 25.0. The van der Waals surface area contributed by atoms with Crippen molar-refractivity contribution in [3.05, 3.63) is 51.5 Å². The Balaban J connectivity index is 1.39. The summed E-state index contributed by atoms with van der Waals surface area (Å²) < 4.78 is 61.2. The van der Waals surface area contributed by atoms with Gasteiger partial charge in [-0.05, 0) is 68.1 Å². The predicted molar refractivity (Wildman–Crippen MR) is 150 cm³/mol. The molecule has 1 amide bonds. The first-order valence-corrected chi connectivity index (χ1v) is 16.1. The summed E-state index contributed by atoms with van der Waals surface area (Å²) in [5.74, 6) is -0.329. The molecule has 2 aromatic rings. The Kier molecular flexibility index (Phi) is 9.06. The van der Waals surface area contributed by atoms with Crippen LogP contribution in [0.2, 0.25) is 5.02 Å². The first-order valence-electron chi connectivity index (χ1n) is 12.8. The van der Waals surface area contributed by atoms with Crippen LogP contribution in [-0.4, -0.2) is 95.3 Å². The van der Waals surface area contributed by atoms with Gasteiger partial charge in [0.15, 0.2) is 0 Å². The number of benzene rings is 2. The molecule has 2 aromatic carbocycles. The molecule has 10 nitrogen and oxygen atoms in total. The molecule has 2 heterocycles. The van der Waals surface area contributed by atoms with E-state index in [1.54, 1.807) is 6.07 Å². The number of nitrogens with one attached hydrogen (secondary N) is 1. The SMILES string of the molecule is Cc1cc(C)c(C)c(S(=O)(=O)N2CCN(CC(=O)Nc3ccc(Cl)c(S(=O)(=O)N4CCOCC4)c3)CC2)c1C. The van der Waals surface area contributed by atoms with Gasteiger partial charge in [0, 0.05) is 45.0 Å². The number of morpholine rings is 1. The minimum absolute atomic E-state index is 0.0453. The van der Waals surface area contributed by atoms with Crippen LogP contribution in [0.4, 0.5) is 5.69 Å². The van der Waals surface area contributed by atoms with Gasteiger partial charge in [-0.25, -0.2) is 16.8 Å². The molecule has 0 bridgehead atoms. The summed E-state index contributed by atoms with van der Waals surface area (Å²) in [6.45, 7) is 9.97. The minimum atomic E-state index is -3.84. The fourth-order valence-corrected chi connectivity index (χ4v) is 8.84. The van der Waals surface area contributed by atoms with Gasteiger partial charge < -0.3 is 10.1 Å². The molecule has 13 heteroatoms. The first-order chi connectivity index (χ1) is 18.3. The lowest BCUT2D eigenvalue weighted by atomic mass is 10.0. The number of sulfonamides is 2. The second-order valence-corrected chi connectivity index (χ2v) is 14.2. The van der Waals surface area contributed by atoms with E-state index in [1.807, 2.05) is 38.7 Å². The van der Waals surface area contributed by atoms with Gasteiger partial charge in [-0.3, -0.25) is 9.69 Å². The van der Waals surface area contributed by atoms with E-state index in [1.165, 1.54) is 20.7 Å². The van der Waals surface area contributed by atoms with Crippen LogP contribution in [0.15, 0.2) is 34.1 Å². The minimum Gasteiger partial charge on any atom is -0.379 e. The van der Waals surface area contributed by atoms with Crippen LogP contribution in [0.25, 0.3) is 0 Å². The summed E-state index contributed by atoms with van der Waals surface area (Å²) in [4.78, 5) is 15.0. The number of rotatable bonds is 7. The lowest BCUT2D eigenvalue weighted by Gasteiger charge is -2.34. The molecule has 0 atom stereocenters. The Morgan fingerprint density at radius 2 is 1.41 bits per heavy atom. The Morgan fingerprint density at radius 1 is 0.846 bits per heavy atom. The summed E-state index contributed by atoms with van der Waals surface area (Å²) in [6, 6.07) is 6.37. The van der Waals surface area contributed by atoms with E-state index >= 15 is 0 Å². The van der Waals surface area contributed by atoms with Crippen molar-refractivity contribution in [1.82, 2.24) is 13.5 Å². The van der Waals surface area contributed by atoms with Crippen LogP contribution < -0.4 is 5.32 Å². The Morgan fingerprint density at radius 3 is 2.00 bits per heavy atom. The van der Waals surface area contributed by atoms with Crippen LogP contribution in [0, 0.1) is 27.7 Å². The largest absolute Gasteiger partial charge is 0.379 e. The highest BCUT2D eigenvalue weighted by atomic mass is 35.5. The Hall–Kier alpha value is -2.06. The van der Waals surface area contributed by atoms with Gasteiger partial charge in [0.2, 0.25) is 26.0 Å². The van der Waals surface area contributed by atoms with Crippen molar-refractivity contribution in [2.75, 3.05) is 64.3 Å². The van der Waals surface area contributed by atoms with Gasteiger partial charge in [0.25, 0.3) is 0 Å². The van der Waals surface area contributed by atoms with Crippen molar-refractivity contribution in [1.29, 1.82) is 0 Å². The second kappa shape index (κ2) is 11.8. The maximum absolute atomic E-state index is 13.5. The fraction of sp³-hybridized carbons (Fsp3) is 0.500. The Bertz CT molecular complexity index is 1440. The zero-order valence-electron chi connectivity index (χ0n) is 22.7. The quantitative estimate of drug-likeness (QED) is 0.521. The average Bonchev–Trinajstić information content (AvgIpc) is 2.89. The number of anilines is 1. The van der Waals surface area contributed by atoms with Crippen LogP contribution in [0.1, 0.15) is 22.3 Å². The molecule has 0 saturated carbocycles. The van der Waals surface area contributed by atoms with E-state index in [4.69, 9.17) is 16.3 Å². The first kappa shape index (κ1) is 29.9. The number of halogens is 1. The lowest BCUT2D eigenvalue weighted by Crippen LogP contribution is -2.50. The number of aryl methyl sites for hydroxylation is 2. The highest BCUT2D eigenvalue weighted by molar-refractivity contribution is 7.89. The third kappa shape index (κ3) is 6.32. The van der Waals surface area contributed by atoms with Crippen LogP contribution >= 0.6 is 11.6 Å². The van der Waals surface area contributed by atoms with E-state index in [2.05, 4.69) is 5.32 Å². The number of carbonyl (C=O) groups is 1. The maximum atomic E-state index is 13.5. The van der Waals surface area contributed by atoms with Crippen molar-refractivity contribution in [3.63, 3.8) is 0 Å². The molecule has 214 valence electrons. The molecule has 0 spiro atoms. The maximum Gasteiger partial charge on any atom is 0.244 e. The molecule has 1 N–H and O–H groups in total. The van der Waals surface area contributed by atoms with Crippen LogP contribution in [-0.2, 0) is 29.6 Å². The van der Waals surface area contributed by atoms with Crippen molar-refractivity contribution < 1.29 is 26.4 Å². The number of hydrogen-bond acceptors (Lipinski definition) is 7. The monoisotopic (exact) mass is 598 g/mol. The summed E-state index contributed by atoms with van der Waals surface area (Å²) in [6.07, 6.45) is 0. The van der Waals surface area contributed by atoms with E-state index in [-0.39, 0.29) is 48.5 Å². The van der Waals surface area contributed by atoms with Gasteiger partial charge in [-0.15, -0.1) is 0 Å². The Labute approximate surface area is 236 Å². The van der Waals surface area contributed by atoms with Crippen molar-refractivity contribution in [2.45, 2.75) is 37.5 Å². The molecule has 39 heavy (non-hydrogen) atoms. The van der Waals surface area contributed by atoms with Crippen LogP contribution in [0.5, 0.6) is 0 Å². The number of hydrogen-bond donors (Lipinski definition) is 1. The van der Waals surface area contributed by atoms with E-state index in [9.17, 15) is 21.6 Å². The molecule has 2 aliphatic heterocycles. The molecular formula is C26H35ClN4O6S2. The molecule has 4 rings (SSSR count). The fourth-order valence-electron chi connectivity index (χ4n) is 4.93. The van der Waals surface area contributed by atoms with Gasteiger partial charge in [-0.1, -0.05) is 17.7 Å². The molecule has 2 aliphatic rings. The molecule has 0 aliphatic carbocycles. The summed E-state index contributed by atoms with van der Waals surface area (Å²) >= 11 is 6.21. The molecule has 2 fully saturated rings. The number of carbonyl (C=O) groups excluding carboxylic acids is 1. The topological polar surface area (TPSA) is 116 Å². The van der Waals surface area contributed by atoms with E-state index < -0.39 is 20.0 Å². The standard InChI is InChI=1S/C26H35ClN4O6S2/c1-18-15-19(2)21(4)26(20(18)3)39(35,36)30-9-7-29(8-10-30)17-25(32)28-22-5-6-23(27)24(16-22)38(33,34)31-11-13-37-14-12-31/h5-6,15-16H,7-14,17H2,1-4H3,(H,28,32). The van der Waals surface area contributed by atoms with Crippen molar-refractivity contribution in [2.24, 2.45) is 0 Å². The zero-order chi connectivity index (χ0) is 28.5. The van der Waals surface area contributed by atoms with Gasteiger partial charge >= 0.3 is 0 Å². The highest BCUT2D eigenvalue weighted by Crippen LogP contribution is 2.30.